The summed E-state index contributed by atoms with van der Waals surface area (Å²) in [5.74, 6) is -0.551. The Kier molecular flexibility index (Phi) is 6.68. The van der Waals surface area contributed by atoms with Gasteiger partial charge in [-0.2, -0.15) is 0 Å². The van der Waals surface area contributed by atoms with Gasteiger partial charge in [-0.05, 0) is 54.4 Å². The summed E-state index contributed by atoms with van der Waals surface area (Å²) in [4.78, 5) is 24.3. The molecule has 1 amide bonds. The minimum Gasteiger partial charge on any atom is -0.483 e. The summed E-state index contributed by atoms with van der Waals surface area (Å²) in [5.41, 5.74) is 1.09. The van der Waals surface area contributed by atoms with Crippen molar-refractivity contribution >= 4 is 27.8 Å². The zero-order valence-electron chi connectivity index (χ0n) is 12.4. The SMILES string of the molecule is Cc1ccc(OCC(=O)N(CCC(=O)O)C(C)C)c(Br)c1. The van der Waals surface area contributed by atoms with Crippen molar-refractivity contribution in [3.8, 4) is 5.75 Å². The second-order valence-electron chi connectivity index (χ2n) is 5.05. The molecule has 0 aliphatic rings. The lowest BCUT2D eigenvalue weighted by Gasteiger charge is -2.26. The van der Waals surface area contributed by atoms with E-state index in [9.17, 15) is 9.59 Å². The van der Waals surface area contributed by atoms with Crippen LogP contribution >= 0.6 is 15.9 Å². The normalized spacial score (nSPS) is 10.5. The van der Waals surface area contributed by atoms with E-state index in [1.807, 2.05) is 32.9 Å². The minimum absolute atomic E-state index is 0.0677. The van der Waals surface area contributed by atoms with Crippen molar-refractivity contribution in [3.63, 3.8) is 0 Å². The molecule has 1 aromatic rings. The summed E-state index contributed by atoms with van der Waals surface area (Å²) in [6.07, 6.45) is -0.0713. The van der Waals surface area contributed by atoms with Crippen LogP contribution in [-0.4, -0.2) is 41.1 Å². The van der Waals surface area contributed by atoms with Crippen LogP contribution in [0.3, 0.4) is 0 Å². The first-order valence-electron chi connectivity index (χ1n) is 6.71. The zero-order valence-corrected chi connectivity index (χ0v) is 14.0. The topological polar surface area (TPSA) is 66.8 Å². The van der Waals surface area contributed by atoms with Gasteiger partial charge in [0.2, 0.25) is 0 Å². The number of aliphatic carboxylic acids is 1. The van der Waals surface area contributed by atoms with Gasteiger partial charge in [-0.25, -0.2) is 0 Å². The molecule has 21 heavy (non-hydrogen) atoms. The van der Waals surface area contributed by atoms with Crippen molar-refractivity contribution < 1.29 is 19.4 Å². The summed E-state index contributed by atoms with van der Waals surface area (Å²) in [6.45, 7) is 5.74. The smallest absolute Gasteiger partial charge is 0.305 e. The van der Waals surface area contributed by atoms with E-state index in [0.29, 0.717) is 5.75 Å². The molecule has 0 heterocycles. The summed E-state index contributed by atoms with van der Waals surface area (Å²) in [6, 6.07) is 5.53. The third-order valence-electron chi connectivity index (χ3n) is 2.95. The van der Waals surface area contributed by atoms with Crippen LogP contribution in [0.15, 0.2) is 22.7 Å². The molecular formula is C15H20BrNO4. The molecule has 0 bridgehead atoms. The summed E-state index contributed by atoms with van der Waals surface area (Å²) >= 11 is 3.39. The van der Waals surface area contributed by atoms with Crippen molar-refractivity contribution in [2.24, 2.45) is 0 Å². The highest BCUT2D eigenvalue weighted by atomic mass is 79.9. The molecule has 0 aliphatic carbocycles. The molecule has 0 saturated carbocycles. The van der Waals surface area contributed by atoms with Crippen LogP contribution < -0.4 is 4.74 Å². The summed E-state index contributed by atoms with van der Waals surface area (Å²) < 4.78 is 6.29. The molecule has 1 aromatic carbocycles. The molecule has 116 valence electrons. The Balaban J connectivity index is 2.62. The lowest BCUT2D eigenvalue weighted by Crippen LogP contribution is -2.41. The maximum absolute atomic E-state index is 12.1. The zero-order chi connectivity index (χ0) is 16.0. The van der Waals surface area contributed by atoms with Gasteiger partial charge in [-0.3, -0.25) is 9.59 Å². The number of aryl methyl sites for hydroxylation is 1. The van der Waals surface area contributed by atoms with Gasteiger partial charge in [0.15, 0.2) is 6.61 Å². The maximum Gasteiger partial charge on any atom is 0.305 e. The van der Waals surface area contributed by atoms with Gasteiger partial charge in [0.05, 0.1) is 10.9 Å². The van der Waals surface area contributed by atoms with E-state index in [1.54, 1.807) is 6.07 Å². The second kappa shape index (κ2) is 8.02. The number of carbonyl (C=O) groups excluding carboxylic acids is 1. The van der Waals surface area contributed by atoms with Crippen LogP contribution in [-0.2, 0) is 9.59 Å². The van der Waals surface area contributed by atoms with Crippen molar-refractivity contribution in [1.82, 2.24) is 4.90 Å². The number of carboxylic acid groups (broad SMARTS) is 1. The molecule has 0 unspecified atom stereocenters. The molecule has 5 nitrogen and oxygen atoms in total. The number of nitrogens with zero attached hydrogens (tertiary/aromatic N) is 1. The first kappa shape index (κ1) is 17.5. The van der Waals surface area contributed by atoms with E-state index in [4.69, 9.17) is 9.84 Å². The molecular weight excluding hydrogens is 338 g/mol. The van der Waals surface area contributed by atoms with Gasteiger partial charge in [0, 0.05) is 12.6 Å². The van der Waals surface area contributed by atoms with Crippen molar-refractivity contribution in [2.75, 3.05) is 13.2 Å². The fourth-order valence-corrected chi connectivity index (χ4v) is 2.44. The van der Waals surface area contributed by atoms with Gasteiger partial charge < -0.3 is 14.7 Å². The molecule has 0 radical (unpaired) electrons. The van der Waals surface area contributed by atoms with Gasteiger partial charge in [-0.15, -0.1) is 0 Å². The Morgan fingerprint density at radius 1 is 1.38 bits per heavy atom. The molecule has 0 spiro atoms. The highest BCUT2D eigenvalue weighted by molar-refractivity contribution is 9.10. The average molecular weight is 358 g/mol. The van der Waals surface area contributed by atoms with Crippen LogP contribution in [0, 0.1) is 6.92 Å². The third kappa shape index (κ3) is 5.75. The standard InChI is InChI=1S/C15H20BrNO4/c1-10(2)17(7-6-15(19)20)14(18)9-21-13-5-4-11(3)8-12(13)16/h4-5,8,10H,6-7,9H2,1-3H3,(H,19,20). The van der Waals surface area contributed by atoms with Crippen molar-refractivity contribution in [1.29, 1.82) is 0 Å². The van der Waals surface area contributed by atoms with Crippen LogP contribution in [0.1, 0.15) is 25.8 Å². The Morgan fingerprint density at radius 2 is 2.05 bits per heavy atom. The van der Waals surface area contributed by atoms with E-state index in [1.165, 1.54) is 4.90 Å². The van der Waals surface area contributed by atoms with Crippen molar-refractivity contribution in [2.45, 2.75) is 33.2 Å². The van der Waals surface area contributed by atoms with Crippen LogP contribution in [0.5, 0.6) is 5.75 Å². The van der Waals surface area contributed by atoms with Gasteiger partial charge in [0.25, 0.3) is 5.91 Å². The maximum atomic E-state index is 12.1. The van der Waals surface area contributed by atoms with E-state index in [-0.39, 0.29) is 31.5 Å². The van der Waals surface area contributed by atoms with Crippen LogP contribution in [0.4, 0.5) is 0 Å². The lowest BCUT2D eigenvalue weighted by molar-refractivity contribution is -0.139. The van der Waals surface area contributed by atoms with E-state index >= 15 is 0 Å². The number of hydrogen-bond donors (Lipinski definition) is 1. The first-order chi connectivity index (χ1) is 9.81. The van der Waals surface area contributed by atoms with Crippen LogP contribution in [0.25, 0.3) is 0 Å². The van der Waals surface area contributed by atoms with E-state index in [0.717, 1.165) is 10.0 Å². The Morgan fingerprint density at radius 3 is 2.57 bits per heavy atom. The minimum atomic E-state index is -0.921. The summed E-state index contributed by atoms with van der Waals surface area (Å²) in [5, 5.41) is 8.72. The first-order valence-corrected chi connectivity index (χ1v) is 7.50. The molecule has 1 rings (SSSR count). The number of hydrogen-bond acceptors (Lipinski definition) is 3. The number of carbonyl (C=O) groups is 2. The fourth-order valence-electron chi connectivity index (χ4n) is 1.83. The Bertz CT molecular complexity index is 516. The highest BCUT2D eigenvalue weighted by Gasteiger charge is 2.18. The van der Waals surface area contributed by atoms with E-state index < -0.39 is 5.97 Å². The third-order valence-corrected chi connectivity index (χ3v) is 3.57. The van der Waals surface area contributed by atoms with Crippen molar-refractivity contribution in [3.05, 3.63) is 28.2 Å². The number of benzene rings is 1. The monoisotopic (exact) mass is 357 g/mol. The highest BCUT2D eigenvalue weighted by Crippen LogP contribution is 2.25. The molecule has 0 aromatic heterocycles. The predicted octanol–water partition coefficient (Wildman–Crippen LogP) is 2.85. The average Bonchev–Trinajstić information content (AvgIpc) is 2.37. The summed E-state index contributed by atoms with van der Waals surface area (Å²) in [7, 11) is 0. The lowest BCUT2D eigenvalue weighted by atomic mass is 10.2. The molecule has 0 atom stereocenters. The number of halogens is 1. The van der Waals surface area contributed by atoms with Gasteiger partial charge >= 0.3 is 5.97 Å². The molecule has 1 N–H and O–H groups in total. The fraction of sp³-hybridized carbons (Fsp3) is 0.467. The second-order valence-corrected chi connectivity index (χ2v) is 5.90. The molecule has 6 heteroatoms. The Labute approximate surface area is 133 Å². The van der Waals surface area contributed by atoms with Gasteiger partial charge in [0.1, 0.15) is 5.75 Å². The quantitative estimate of drug-likeness (QED) is 0.814. The van der Waals surface area contributed by atoms with Gasteiger partial charge in [-0.1, -0.05) is 6.07 Å². The molecule has 0 aliphatic heterocycles. The van der Waals surface area contributed by atoms with E-state index in [2.05, 4.69) is 15.9 Å². The number of amides is 1. The Hall–Kier alpha value is -1.56. The van der Waals surface area contributed by atoms with Crippen LogP contribution in [0.2, 0.25) is 0 Å². The number of ether oxygens (including phenoxy) is 1. The number of carboxylic acids is 1. The largest absolute Gasteiger partial charge is 0.483 e. The molecule has 0 fully saturated rings. The predicted molar refractivity (Wildman–Crippen MR) is 83.5 cm³/mol. The molecule has 0 saturated heterocycles. The number of rotatable bonds is 7.